The van der Waals surface area contributed by atoms with Crippen LogP contribution in [0.15, 0.2) is 24.8 Å². The quantitative estimate of drug-likeness (QED) is 0.764. The number of pyridine rings is 1. The molecule has 0 saturated heterocycles. The van der Waals surface area contributed by atoms with Gasteiger partial charge in [0.05, 0.1) is 18.0 Å². The maximum Gasteiger partial charge on any atom is 0.0853 e. The first kappa shape index (κ1) is 9.68. The zero-order chi connectivity index (χ0) is 9.68. The van der Waals surface area contributed by atoms with Crippen molar-refractivity contribution >= 4 is 12.2 Å². The van der Waals surface area contributed by atoms with Crippen LogP contribution < -0.4 is 0 Å². The van der Waals surface area contributed by atoms with E-state index in [4.69, 9.17) is 5.11 Å². The molecule has 1 N–H and O–H groups in total. The molecular formula is C11H13NO. The summed E-state index contributed by atoms with van der Waals surface area (Å²) >= 11 is 0. The highest BCUT2D eigenvalue weighted by atomic mass is 16.3. The van der Waals surface area contributed by atoms with Gasteiger partial charge in [-0.2, -0.15) is 0 Å². The molecule has 0 radical (unpaired) electrons. The molecule has 1 rings (SSSR count). The molecule has 1 aromatic heterocycles. The van der Waals surface area contributed by atoms with Gasteiger partial charge in [-0.05, 0) is 24.6 Å². The van der Waals surface area contributed by atoms with Crippen LogP contribution >= 0.6 is 0 Å². The van der Waals surface area contributed by atoms with Crippen LogP contribution in [-0.2, 0) is 6.61 Å². The third-order valence-corrected chi connectivity index (χ3v) is 1.72. The second kappa shape index (κ2) is 4.58. The molecule has 0 aromatic carbocycles. The highest BCUT2D eigenvalue weighted by Crippen LogP contribution is 2.11. The van der Waals surface area contributed by atoms with E-state index in [1.807, 2.05) is 25.1 Å². The Balaban J connectivity index is 3.17. The van der Waals surface area contributed by atoms with Crippen molar-refractivity contribution in [2.75, 3.05) is 0 Å². The van der Waals surface area contributed by atoms with Crippen molar-refractivity contribution < 1.29 is 5.11 Å². The van der Waals surface area contributed by atoms with E-state index in [9.17, 15) is 0 Å². The van der Waals surface area contributed by atoms with Crippen LogP contribution in [-0.4, -0.2) is 10.1 Å². The van der Waals surface area contributed by atoms with Crippen LogP contribution in [0.3, 0.4) is 0 Å². The van der Waals surface area contributed by atoms with Crippen molar-refractivity contribution in [3.05, 3.63) is 41.7 Å². The minimum absolute atomic E-state index is 0.0258. The summed E-state index contributed by atoms with van der Waals surface area (Å²) < 4.78 is 0. The molecule has 1 heterocycles. The maximum absolute atomic E-state index is 8.88. The average Bonchev–Trinajstić information content (AvgIpc) is 2.18. The second-order valence-corrected chi connectivity index (χ2v) is 2.64. The van der Waals surface area contributed by atoms with Crippen LogP contribution in [0.2, 0.25) is 0 Å². The van der Waals surface area contributed by atoms with Crippen molar-refractivity contribution in [2.45, 2.75) is 13.5 Å². The Labute approximate surface area is 78.3 Å². The van der Waals surface area contributed by atoms with E-state index >= 15 is 0 Å². The molecule has 0 fully saturated rings. The fourth-order valence-corrected chi connectivity index (χ4v) is 1.08. The van der Waals surface area contributed by atoms with Gasteiger partial charge in [0, 0.05) is 0 Å². The zero-order valence-electron chi connectivity index (χ0n) is 7.70. The number of aromatic nitrogens is 1. The van der Waals surface area contributed by atoms with E-state index in [0.29, 0.717) is 5.69 Å². The number of aliphatic hydroxyl groups excluding tert-OH is 1. The van der Waals surface area contributed by atoms with Gasteiger partial charge in [-0.15, -0.1) is 0 Å². The molecule has 0 saturated carbocycles. The minimum atomic E-state index is -0.0258. The van der Waals surface area contributed by atoms with Crippen molar-refractivity contribution in [1.29, 1.82) is 0 Å². The number of nitrogens with zero attached hydrogens (tertiary/aromatic N) is 1. The van der Waals surface area contributed by atoms with Crippen molar-refractivity contribution in [3.8, 4) is 0 Å². The van der Waals surface area contributed by atoms with Gasteiger partial charge in [-0.25, -0.2) is 0 Å². The van der Waals surface area contributed by atoms with Gasteiger partial charge < -0.3 is 5.11 Å². The van der Waals surface area contributed by atoms with Crippen molar-refractivity contribution in [2.24, 2.45) is 0 Å². The fourth-order valence-electron chi connectivity index (χ4n) is 1.08. The monoisotopic (exact) mass is 175 g/mol. The molecule has 2 nitrogen and oxygen atoms in total. The molecule has 0 aliphatic heterocycles. The Morgan fingerprint density at radius 2 is 2.31 bits per heavy atom. The molecule has 0 bridgehead atoms. The summed E-state index contributed by atoms with van der Waals surface area (Å²) in [7, 11) is 0. The normalized spacial score (nSPS) is 10.6. The lowest BCUT2D eigenvalue weighted by molar-refractivity contribution is 0.277. The molecule has 0 unspecified atom stereocenters. The van der Waals surface area contributed by atoms with Gasteiger partial charge in [0.2, 0.25) is 0 Å². The molecule has 0 aliphatic rings. The molecule has 68 valence electrons. The minimum Gasteiger partial charge on any atom is -0.390 e. The van der Waals surface area contributed by atoms with E-state index in [0.717, 1.165) is 11.3 Å². The molecule has 13 heavy (non-hydrogen) atoms. The van der Waals surface area contributed by atoms with Gasteiger partial charge >= 0.3 is 0 Å². The predicted octanol–water partition coefficient (Wildman–Crippen LogP) is 2.25. The predicted molar refractivity (Wildman–Crippen MR) is 55.0 cm³/mol. The summed E-state index contributed by atoms with van der Waals surface area (Å²) in [4.78, 5) is 4.24. The van der Waals surface area contributed by atoms with Gasteiger partial charge in [-0.3, -0.25) is 4.98 Å². The molecular weight excluding hydrogens is 162 g/mol. The second-order valence-electron chi connectivity index (χ2n) is 2.64. The molecule has 1 aromatic rings. The lowest BCUT2D eigenvalue weighted by Gasteiger charge is -2.02. The van der Waals surface area contributed by atoms with E-state index in [1.165, 1.54) is 0 Å². The largest absolute Gasteiger partial charge is 0.390 e. The standard InChI is InChI=1S/C11H13NO/c1-3-5-11-9(4-2)6-7-10(8-13)12-11/h3-7,13H,2,8H2,1H3/b5-3-. The molecule has 0 amide bonds. The van der Waals surface area contributed by atoms with E-state index in [1.54, 1.807) is 12.1 Å². The zero-order valence-corrected chi connectivity index (χ0v) is 7.70. The number of aliphatic hydroxyl groups is 1. The summed E-state index contributed by atoms with van der Waals surface area (Å²) in [5.41, 5.74) is 2.51. The van der Waals surface area contributed by atoms with E-state index in [2.05, 4.69) is 11.6 Å². The van der Waals surface area contributed by atoms with Crippen LogP contribution in [0.1, 0.15) is 23.9 Å². The first-order valence-electron chi connectivity index (χ1n) is 4.17. The van der Waals surface area contributed by atoms with E-state index in [-0.39, 0.29) is 6.61 Å². The summed E-state index contributed by atoms with van der Waals surface area (Å²) in [5, 5.41) is 8.88. The van der Waals surface area contributed by atoms with Crippen LogP contribution in [0, 0.1) is 0 Å². The third kappa shape index (κ3) is 2.26. The van der Waals surface area contributed by atoms with E-state index < -0.39 is 0 Å². The Morgan fingerprint density at radius 3 is 2.85 bits per heavy atom. The molecule has 2 heteroatoms. The van der Waals surface area contributed by atoms with Crippen molar-refractivity contribution in [3.63, 3.8) is 0 Å². The third-order valence-electron chi connectivity index (χ3n) is 1.72. The van der Waals surface area contributed by atoms with Crippen LogP contribution in [0.25, 0.3) is 12.2 Å². The van der Waals surface area contributed by atoms with Crippen molar-refractivity contribution in [1.82, 2.24) is 4.98 Å². The maximum atomic E-state index is 8.88. The Morgan fingerprint density at radius 1 is 1.54 bits per heavy atom. The number of hydrogen-bond donors (Lipinski definition) is 1. The van der Waals surface area contributed by atoms with Crippen LogP contribution in [0.5, 0.6) is 0 Å². The van der Waals surface area contributed by atoms with Gasteiger partial charge in [0.1, 0.15) is 0 Å². The molecule has 0 aliphatic carbocycles. The lowest BCUT2D eigenvalue weighted by atomic mass is 10.1. The molecule has 0 spiro atoms. The Kier molecular flexibility index (Phi) is 3.41. The summed E-state index contributed by atoms with van der Waals surface area (Å²) in [6.45, 7) is 5.60. The Bertz CT molecular complexity index is 329. The smallest absolute Gasteiger partial charge is 0.0853 e. The number of rotatable bonds is 3. The van der Waals surface area contributed by atoms with Gasteiger partial charge in [0.15, 0.2) is 0 Å². The number of allylic oxidation sites excluding steroid dienone is 1. The topological polar surface area (TPSA) is 33.1 Å². The van der Waals surface area contributed by atoms with Crippen LogP contribution in [0.4, 0.5) is 0 Å². The number of hydrogen-bond acceptors (Lipinski definition) is 2. The highest BCUT2D eigenvalue weighted by molar-refractivity contribution is 5.61. The first-order valence-corrected chi connectivity index (χ1v) is 4.17. The van der Waals surface area contributed by atoms with Gasteiger partial charge in [0.25, 0.3) is 0 Å². The summed E-state index contributed by atoms with van der Waals surface area (Å²) in [6.07, 6.45) is 5.57. The summed E-state index contributed by atoms with van der Waals surface area (Å²) in [6, 6.07) is 3.70. The highest BCUT2D eigenvalue weighted by Gasteiger charge is 1.98. The SMILES string of the molecule is C=Cc1ccc(CO)nc1/C=C\C. The fraction of sp³-hybridized carbons (Fsp3) is 0.182. The Hall–Kier alpha value is -1.41. The van der Waals surface area contributed by atoms with Gasteiger partial charge in [-0.1, -0.05) is 24.8 Å². The lowest BCUT2D eigenvalue weighted by Crippen LogP contribution is -1.93. The first-order chi connectivity index (χ1) is 6.31. The average molecular weight is 175 g/mol. The molecule has 0 atom stereocenters. The summed E-state index contributed by atoms with van der Waals surface area (Å²) in [5.74, 6) is 0.